The molecule has 0 unspecified atom stereocenters. The van der Waals surface area contributed by atoms with Crippen LogP contribution in [0.3, 0.4) is 0 Å². The first-order valence-corrected chi connectivity index (χ1v) is 9.58. The summed E-state index contributed by atoms with van der Waals surface area (Å²) in [6.45, 7) is 0.244. The molecule has 0 bridgehead atoms. The third-order valence-electron chi connectivity index (χ3n) is 5.54. The van der Waals surface area contributed by atoms with Crippen molar-refractivity contribution >= 4 is 11.8 Å². The Labute approximate surface area is 162 Å². The molecule has 1 aromatic carbocycles. The first kappa shape index (κ1) is 20.6. The van der Waals surface area contributed by atoms with E-state index in [4.69, 9.17) is 4.74 Å². The van der Waals surface area contributed by atoms with E-state index in [1.54, 1.807) is 11.0 Å². The summed E-state index contributed by atoms with van der Waals surface area (Å²) >= 11 is 0. The summed E-state index contributed by atoms with van der Waals surface area (Å²) in [5.74, 6) is -0.227. The molecule has 154 valence electrons. The van der Waals surface area contributed by atoms with Gasteiger partial charge in [-0.1, -0.05) is 18.6 Å². The van der Waals surface area contributed by atoms with Crippen molar-refractivity contribution in [3.05, 3.63) is 35.4 Å². The highest BCUT2D eigenvalue weighted by atomic mass is 19.4. The highest BCUT2D eigenvalue weighted by Crippen LogP contribution is 2.41. The maximum Gasteiger partial charge on any atom is 0.416 e. The molecule has 0 spiro atoms. The summed E-state index contributed by atoms with van der Waals surface area (Å²) in [7, 11) is 1.50. The number of rotatable bonds is 4. The van der Waals surface area contributed by atoms with E-state index < -0.39 is 17.8 Å². The summed E-state index contributed by atoms with van der Waals surface area (Å²) in [4.78, 5) is 26.7. The molecule has 1 N–H and O–H groups in total. The van der Waals surface area contributed by atoms with Gasteiger partial charge in [0.05, 0.1) is 36.7 Å². The van der Waals surface area contributed by atoms with Crippen LogP contribution in [0, 0.1) is 0 Å². The molecule has 8 heteroatoms. The van der Waals surface area contributed by atoms with Crippen molar-refractivity contribution in [2.45, 2.75) is 62.8 Å². The van der Waals surface area contributed by atoms with Crippen LogP contribution in [0.4, 0.5) is 13.2 Å². The Balaban J connectivity index is 1.95. The van der Waals surface area contributed by atoms with Gasteiger partial charge >= 0.3 is 6.18 Å². The maximum atomic E-state index is 13.2. The molecule has 1 aromatic rings. The van der Waals surface area contributed by atoms with Crippen LogP contribution in [-0.2, 0) is 20.5 Å². The molecule has 2 amide bonds. The number of hydrogen-bond acceptors (Lipinski definition) is 3. The van der Waals surface area contributed by atoms with Crippen LogP contribution in [0.15, 0.2) is 24.3 Å². The van der Waals surface area contributed by atoms with E-state index in [0.717, 1.165) is 31.4 Å². The molecule has 2 aliphatic rings. The third kappa shape index (κ3) is 4.48. The fourth-order valence-corrected chi connectivity index (χ4v) is 4.25. The van der Waals surface area contributed by atoms with Crippen molar-refractivity contribution in [2.75, 3.05) is 13.7 Å². The van der Waals surface area contributed by atoms with E-state index in [9.17, 15) is 22.8 Å². The van der Waals surface area contributed by atoms with Gasteiger partial charge in [-0.15, -0.1) is 0 Å². The number of carbonyl (C=O) groups is 2. The number of amides is 2. The predicted molar refractivity (Wildman–Crippen MR) is 96.3 cm³/mol. The van der Waals surface area contributed by atoms with Crippen LogP contribution in [0.2, 0.25) is 0 Å². The minimum absolute atomic E-state index is 0.0660. The molecule has 2 aliphatic heterocycles. The number of benzene rings is 1. The first-order chi connectivity index (χ1) is 13.3. The van der Waals surface area contributed by atoms with Gasteiger partial charge in [0.25, 0.3) is 0 Å². The lowest BCUT2D eigenvalue weighted by Gasteiger charge is -2.33. The highest BCUT2D eigenvalue weighted by Gasteiger charge is 2.45. The molecule has 3 rings (SSSR count). The number of carbonyl (C=O) groups excluding carboxylic acids is 2. The van der Waals surface area contributed by atoms with E-state index in [1.165, 1.54) is 13.2 Å². The fraction of sp³-hybridized carbons (Fsp3) is 0.600. The molecule has 2 fully saturated rings. The summed E-state index contributed by atoms with van der Waals surface area (Å²) in [6.07, 6.45) is -1.18. The lowest BCUT2D eigenvalue weighted by Crippen LogP contribution is -2.48. The summed E-state index contributed by atoms with van der Waals surface area (Å²) in [5.41, 5.74) is -0.288. The topological polar surface area (TPSA) is 58.6 Å². The zero-order chi connectivity index (χ0) is 20.3. The maximum absolute atomic E-state index is 13.2. The molecular weight excluding hydrogens is 373 g/mol. The lowest BCUT2D eigenvalue weighted by molar-refractivity contribution is -0.137. The van der Waals surface area contributed by atoms with Gasteiger partial charge in [-0.25, -0.2) is 0 Å². The molecule has 0 aliphatic carbocycles. The summed E-state index contributed by atoms with van der Waals surface area (Å²) in [6, 6.07) is 4.17. The SMILES string of the molecule is COCCC(=O)N1[C@H](c2cccc(C(F)(F)F)c2)C[C@H]2NC(=O)CCCC[C@@H]21. The Morgan fingerprint density at radius 3 is 2.82 bits per heavy atom. The molecule has 2 saturated heterocycles. The predicted octanol–water partition coefficient (Wildman–Crippen LogP) is 3.44. The molecule has 0 radical (unpaired) electrons. The first-order valence-electron chi connectivity index (χ1n) is 9.58. The number of hydrogen-bond donors (Lipinski definition) is 1. The quantitative estimate of drug-likeness (QED) is 0.845. The fourth-order valence-electron chi connectivity index (χ4n) is 4.25. The second-order valence-corrected chi connectivity index (χ2v) is 7.41. The van der Waals surface area contributed by atoms with E-state index in [-0.39, 0.29) is 36.9 Å². The lowest BCUT2D eigenvalue weighted by atomic mass is 9.97. The smallest absolute Gasteiger partial charge is 0.384 e. The van der Waals surface area contributed by atoms with Crippen molar-refractivity contribution in [2.24, 2.45) is 0 Å². The highest BCUT2D eigenvalue weighted by molar-refractivity contribution is 5.79. The standard InChI is InChI=1S/C20H25F3N2O3/c1-28-10-9-19(27)25-16-7-2-3-8-18(26)24-15(16)12-17(25)13-5-4-6-14(11-13)20(21,22)23/h4-6,11,15-17H,2-3,7-10,12H2,1H3,(H,24,26)/t15-,16+,17+/m1/s1. The summed E-state index contributed by atoms with van der Waals surface area (Å²) < 4.78 is 44.5. The minimum Gasteiger partial charge on any atom is -0.384 e. The van der Waals surface area contributed by atoms with Crippen molar-refractivity contribution in [1.82, 2.24) is 10.2 Å². The molecular formula is C20H25F3N2O3. The van der Waals surface area contributed by atoms with Crippen LogP contribution in [-0.4, -0.2) is 42.5 Å². The second kappa shape index (κ2) is 8.51. The Kier molecular flexibility index (Phi) is 6.27. The third-order valence-corrected chi connectivity index (χ3v) is 5.54. The van der Waals surface area contributed by atoms with Gasteiger partial charge in [0.1, 0.15) is 0 Å². The number of nitrogens with zero attached hydrogens (tertiary/aromatic N) is 1. The van der Waals surface area contributed by atoms with Crippen molar-refractivity contribution in [3.8, 4) is 0 Å². The van der Waals surface area contributed by atoms with Crippen molar-refractivity contribution in [3.63, 3.8) is 0 Å². The van der Waals surface area contributed by atoms with E-state index in [0.29, 0.717) is 18.4 Å². The van der Waals surface area contributed by atoms with Crippen molar-refractivity contribution in [1.29, 1.82) is 0 Å². The van der Waals surface area contributed by atoms with Gasteiger partial charge in [0.2, 0.25) is 11.8 Å². The van der Waals surface area contributed by atoms with Gasteiger partial charge < -0.3 is 15.0 Å². The molecule has 2 heterocycles. The largest absolute Gasteiger partial charge is 0.416 e. The van der Waals surface area contributed by atoms with Crippen LogP contribution < -0.4 is 5.32 Å². The second-order valence-electron chi connectivity index (χ2n) is 7.41. The number of fused-ring (bicyclic) bond motifs is 1. The van der Waals surface area contributed by atoms with Gasteiger partial charge in [-0.2, -0.15) is 13.2 Å². The van der Waals surface area contributed by atoms with Gasteiger partial charge in [0, 0.05) is 13.5 Å². The van der Waals surface area contributed by atoms with Crippen LogP contribution >= 0.6 is 0 Å². The average Bonchev–Trinajstić information content (AvgIpc) is 2.98. The number of alkyl halides is 3. The van der Waals surface area contributed by atoms with E-state index in [1.807, 2.05) is 0 Å². The van der Waals surface area contributed by atoms with Crippen LogP contribution in [0.1, 0.15) is 55.7 Å². The number of ether oxygens (including phenoxy) is 1. The summed E-state index contributed by atoms with van der Waals surface area (Å²) in [5, 5.41) is 2.98. The Bertz CT molecular complexity index is 723. The molecule has 28 heavy (non-hydrogen) atoms. The number of methoxy groups -OCH3 is 1. The van der Waals surface area contributed by atoms with Gasteiger partial charge in [-0.05, 0) is 37.0 Å². The Morgan fingerprint density at radius 1 is 1.32 bits per heavy atom. The van der Waals surface area contributed by atoms with Gasteiger partial charge in [0.15, 0.2) is 0 Å². The Hall–Kier alpha value is -2.09. The molecule has 0 aromatic heterocycles. The monoisotopic (exact) mass is 398 g/mol. The van der Waals surface area contributed by atoms with Crippen molar-refractivity contribution < 1.29 is 27.5 Å². The molecule has 3 atom stereocenters. The number of halogens is 3. The van der Waals surface area contributed by atoms with E-state index >= 15 is 0 Å². The van der Waals surface area contributed by atoms with Crippen LogP contribution in [0.25, 0.3) is 0 Å². The minimum atomic E-state index is -4.45. The number of likely N-dealkylation sites (tertiary alicyclic amines) is 1. The Morgan fingerprint density at radius 2 is 2.11 bits per heavy atom. The average molecular weight is 398 g/mol. The van der Waals surface area contributed by atoms with Gasteiger partial charge in [-0.3, -0.25) is 9.59 Å². The normalized spacial score (nSPS) is 25.6. The zero-order valence-corrected chi connectivity index (χ0v) is 15.8. The van der Waals surface area contributed by atoms with Crippen LogP contribution in [0.5, 0.6) is 0 Å². The molecule has 0 saturated carbocycles. The molecule has 5 nitrogen and oxygen atoms in total. The van der Waals surface area contributed by atoms with E-state index in [2.05, 4.69) is 5.32 Å². The zero-order valence-electron chi connectivity index (χ0n) is 15.8. The number of nitrogens with one attached hydrogen (secondary N) is 1.